The predicted molar refractivity (Wildman–Crippen MR) is 112 cm³/mol. The van der Waals surface area contributed by atoms with Crippen molar-refractivity contribution >= 4 is 16.6 Å². The van der Waals surface area contributed by atoms with Gasteiger partial charge in [0.1, 0.15) is 5.75 Å². The summed E-state index contributed by atoms with van der Waals surface area (Å²) in [6, 6.07) is 13.2. The molecule has 0 spiro atoms. The van der Waals surface area contributed by atoms with Crippen LogP contribution in [0, 0.1) is 10.1 Å². The molecule has 0 aliphatic carbocycles. The van der Waals surface area contributed by atoms with E-state index < -0.39 is 16.2 Å². The van der Waals surface area contributed by atoms with Gasteiger partial charge in [-0.3, -0.25) is 24.0 Å². The van der Waals surface area contributed by atoms with Crippen molar-refractivity contribution < 1.29 is 9.66 Å². The molecule has 0 radical (unpaired) electrons. The van der Waals surface area contributed by atoms with Crippen molar-refractivity contribution in [1.29, 1.82) is 0 Å². The number of nitrogens with zero attached hydrogens (tertiary/aromatic N) is 4. The van der Waals surface area contributed by atoms with Crippen molar-refractivity contribution in [2.75, 3.05) is 7.11 Å². The van der Waals surface area contributed by atoms with Gasteiger partial charge in [0.25, 0.3) is 11.2 Å². The number of rotatable bonds is 4. The average Bonchev–Trinajstić information content (AvgIpc) is 3.17. The number of aromatic nitrogens is 3. The number of fused-ring (bicyclic) bond motifs is 1. The van der Waals surface area contributed by atoms with E-state index in [1.54, 1.807) is 61.3 Å². The van der Waals surface area contributed by atoms with Crippen molar-refractivity contribution in [3.63, 3.8) is 0 Å². The monoisotopic (exact) mass is 406 g/mol. The molecule has 30 heavy (non-hydrogen) atoms. The van der Waals surface area contributed by atoms with Crippen LogP contribution in [0.1, 0.15) is 0 Å². The van der Waals surface area contributed by atoms with Gasteiger partial charge in [-0.25, -0.2) is 4.79 Å². The molecule has 0 saturated carbocycles. The zero-order valence-electron chi connectivity index (χ0n) is 16.5. The molecule has 2 aromatic heterocycles. The van der Waals surface area contributed by atoms with Crippen LogP contribution < -0.4 is 16.0 Å². The van der Waals surface area contributed by atoms with Gasteiger partial charge >= 0.3 is 5.69 Å². The maximum absolute atomic E-state index is 13.0. The molecule has 0 bridgehead atoms. The molecule has 9 heteroatoms. The minimum Gasteiger partial charge on any atom is -0.497 e. The molecule has 4 aromatic rings. The van der Waals surface area contributed by atoms with Crippen molar-refractivity contribution in [2.24, 2.45) is 14.1 Å². The normalized spacial score (nSPS) is 11.0. The molecule has 2 aromatic carbocycles. The number of nitro groups is 1. The Bertz CT molecular complexity index is 1410. The summed E-state index contributed by atoms with van der Waals surface area (Å²) >= 11 is 0. The number of ether oxygens (including phenoxy) is 1. The Balaban J connectivity index is 2.14. The molecule has 0 aliphatic rings. The Morgan fingerprint density at radius 2 is 1.70 bits per heavy atom. The molecule has 0 N–H and O–H groups in total. The van der Waals surface area contributed by atoms with Gasteiger partial charge in [-0.05, 0) is 35.9 Å². The fourth-order valence-electron chi connectivity index (χ4n) is 3.53. The molecule has 0 aliphatic heterocycles. The van der Waals surface area contributed by atoms with Gasteiger partial charge in [0.05, 0.1) is 34.3 Å². The molecule has 9 nitrogen and oxygen atoms in total. The second-order valence-electron chi connectivity index (χ2n) is 6.82. The topological polar surface area (TPSA) is 101 Å². The number of hydrogen-bond donors (Lipinski definition) is 0. The van der Waals surface area contributed by atoms with E-state index in [1.807, 2.05) is 0 Å². The first-order valence-electron chi connectivity index (χ1n) is 9.04. The van der Waals surface area contributed by atoms with Crippen LogP contribution in [0.2, 0.25) is 0 Å². The van der Waals surface area contributed by atoms with E-state index in [0.717, 1.165) is 4.57 Å². The van der Waals surface area contributed by atoms with Crippen LogP contribution in [0.15, 0.2) is 64.3 Å². The Labute approximate surface area is 170 Å². The second-order valence-corrected chi connectivity index (χ2v) is 6.82. The highest BCUT2D eigenvalue weighted by molar-refractivity contribution is 5.95. The van der Waals surface area contributed by atoms with E-state index in [1.165, 1.54) is 23.7 Å². The van der Waals surface area contributed by atoms with Crippen LogP contribution in [0.3, 0.4) is 0 Å². The average molecular weight is 406 g/mol. The number of hydrogen-bond acceptors (Lipinski definition) is 5. The largest absolute Gasteiger partial charge is 0.497 e. The van der Waals surface area contributed by atoms with E-state index in [4.69, 9.17) is 4.74 Å². The third-order valence-corrected chi connectivity index (χ3v) is 5.12. The Hall–Kier alpha value is -4.14. The standard InChI is InChI=1S/C21H18N4O5/c1-22-17-12-24(14-5-4-6-15(11-14)25(28)29)19(13-7-9-16(30-3)10-8-13)18(17)20(26)23(2)21(22)27/h4-12H,1-3H3. The first kappa shape index (κ1) is 19.2. The predicted octanol–water partition coefficient (Wildman–Crippen LogP) is 2.61. The summed E-state index contributed by atoms with van der Waals surface area (Å²) in [4.78, 5) is 36.3. The summed E-state index contributed by atoms with van der Waals surface area (Å²) in [5.41, 5.74) is 1.19. The smallest absolute Gasteiger partial charge is 0.330 e. The van der Waals surface area contributed by atoms with E-state index in [0.29, 0.717) is 33.6 Å². The number of benzene rings is 2. The molecular formula is C21H18N4O5. The van der Waals surface area contributed by atoms with Crippen LogP contribution in [-0.2, 0) is 14.1 Å². The fourth-order valence-corrected chi connectivity index (χ4v) is 3.53. The molecular weight excluding hydrogens is 388 g/mol. The van der Waals surface area contributed by atoms with Gasteiger partial charge in [0.15, 0.2) is 0 Å². The van der Waals surface area contributed by atoms with Crippen LogP contribution in [0.5, 0.6) is 5.75 Å². The van der Waals surface area contributed by atoms with Crippen LogP contribution in [-0.4, -0.2) is 25.7 Å². The van der Waals surface area contributed by atoms with Gasteiger partial charge in [-0.1, -0.05) is 6.07 Å². The Morgan fingerprint density at radius 1 is 1.00 bits per heavy atom. The summed E-state index contributed by atoms with van der Waals surface area (Å²) < 4.78 is 9.35. The summed E-state index contributed by atoms with van der Waals surface area (Å²) in [5, 5.41) is 11.6. The second kappa shape index (κ2) is 7.03. The summed E-state index contributed by atoms with van der Waals surface area (Å²) in [5.74, 6) is 0.650. The molecule has 0 atom stereocenters. The highest BCUT2D eigenvalue weighted by Crippen LogP contribution is 2.32. The lowest BCUT2D eigenvalue weighted by Gasteiger charge is -2.11. The van der Waals surface area contributed by atoms with E-state index in [2.05, 4.69) is 0 Å². The maximum atomic E-state index is 13.0. The third-order valence-electron chi connectivity index (χ3n) is 5.12. The third kappa shape index (κ3) is 2.87. The number of non-ortho nitro benzene ring substituents is 1. The van der Waals surface area contributed by atoms with Gasteiger partial charge in [-0.15, -0.1) is 0 Å². The van der Waals surface area contributed by atoms with Crippen LogP contribution in [0.25, 0.3) is 27.8 Å². The number of aryl methyl sites for hydroxylation is 1. The summed E-state index contributed by atoms with van der Waals surface area (Å²) in [6.45, 7) is 0. The van der Waals surface area contributed by atoms with Crippen molar-refractivity contribution in [1.82, 2.24) is 13.7 Å². The number of nitro benzene ring substituents is 1. The van der Waals surface area contributed by atoms with E-state index >= 15 is 0 Å². The lowest BCUT2D eigenvalue weighted by atomic mass is 10.1. The first-order valence-corrected chi connectivity index (χ1v) is 9.04. The molecule has 0 unspecified atom stereocenters. The van der Waals surface area contributed by atoms with Gasteiger partial charge in [0, 0.05) is 32.4 Å². The van der Waals surface area contributed by atoms with Crippen molar-refractivity contribution in [3.05, 3.63) is 85.7 Å². The van der Waals surface area contributed by atoms with Gasteiger partial charge < -0.3 is 9.30 Å². The first-order chi connectivity index (χ1) is 14.3. The molecule has 0 amide bonds. The minimum absolute atomic E-state index is 0.0762. The molecule has 152 valence electrons. The molecule has 4 rings (SSSR count). The van der Waals surface area contributed by atoms with Gasteiger partial charge in [-0.2, -0.15) is 0 Å². The lowest BCUT2D eigenvalue weighted by Crippen LogP contribution is -2.36. The van der Waals surface area contributed by atoms with Crippen LogP contribution >= 0.6 is 0 Å². The SMILES string of the molecule is COc1ccc(-c2c3c(=O)n(C)c(=O)n(C)c3cn2-c2cccc([N+](=O)[O-])c2)cc1. The number of methoxy groups -OCH3 is 1. The zero-order valence-corrected chi connectivity index (χ0v) is 16.5. The molecule has 0 saturated heterocycles. The van der Waals surface area contributed by atoms with E-state index in [-0.39, 0.29) is 5.69 Å². The zero-order chi connectivity index (χ0) is 21.6. The van der Waals surface area contributed by atoms with Crippen molar-refractivity contribution in [3.8, 4) is 22.7 Å². The fraction of sp³-hybridized carbons (Fsp3) is 0.143. The maximum Gasteiger partial charge on any atom is 0.330 e. The molecule has 2 heterocycles. The molecule has 0 fully saturated rings. The Morgan fingerprint density at radius 3 is 2.33 bits per heavy atom. The summed E-state index contributed by atoms with van der Waals surface area (Å²) in [7, 11) is 4.56. The lowest BCUT2D eigenvalue weighted by molar-refractivity contribution is -0.384. The Kier molecular flexibility index (Phi) is 4.50. The van der Waals surface area contributed by atoms with Gasteiger partial charge in [0.2, 0.25) is 0 Å². The summed E-state index contributed by atoms with van der Waals surface area (Å²) in [6.07, 6.45) is 1.65. The minimum atomic E-state index is -0.478. The highest BCUT2D eigenvalue weighted by atomic mass is 16.6. The highest BCUT2D eigenvalue weighted by Gasteiger charge is 2.21. The van der Waals surface area contributed by atoms with Crippen molar-refractivity contribution in [2.45, 2.75) is 0 Å². The van der Waals surface area contributed by atoms with Crippen LogP contribution in [0.4, 0.5) is 5.69 Å². The van der Waals surface area contributed by atoms with E-state index in [9.17, 15) is 19.7 Å². The quantitative estimate of drug-likeness (QED) is 0.383.